The zero-order chi connectivity index (χ0) is 17.6. The summed E-state index contributed by atoms with van der Waals surface area (Å²) in [6.07, 6.45) is -0.477. The number of hydrogen-bond donors (Lipinski definition) is 2. The summed E-state index contributed by atoms with van der Waals surface area (Å²) >= 11 is 0. The second kappa shape index (κ2) is 8.48. The highest BCUT2D eigenvalue weighted by Gasteiger charge is 2.26. The number of nitrogens with one attached hydrogen (secondary N) is 1. The number of hydrogen-bond acceptors (Lipinski definition) is 4. The van der Waals surface area contributed by atoms with Crippen LogP contribution in [0, 0.1) is 0 Å². The van der Waals surface area contributed by atoms with E-state index in [2.05, 4.69) is 71.6 Å². The summed E-state index contributed by atoms with van der Waals surface area (Å²) in [7, 11) is 2.08. The van der Waals surface area contributed by atoms with Crippen LogP contribution in [-0.2, 0) is 0 Å². The van der Waals surface area contributed by atoms with Gasteiger partial charge in [-0.1, -0.05) is 42.5 Å². The molecule has 2 aromatic rings. The van der Waals surface area contributed by atoms with Gasteiger partial charge in [-0.25, -0.2) is 0 Å². The summed E-state index contributed by atoms with van der Waals surface area (Å²) < 4.78 is 0. The molecule has 3 rings (SSSR count). The van der Waals surface area contributed by atoms with Gasteiger partial charge in [0.1, 0.15) is 0 Å². The van der Waals surface area contributed by atoms with E-state index >= 15 is 0 Å². The number of aliphatic hydroxyl groups is 1. The minimum atomic E-state index is -0.477. The average Bonchev–Trinajstić information content (AvgIpc) is 2.68. The second-order valence-electron chi connectivity index (χ2n) is 6.75. The van der Waals surface area contributed by atoms with E-state index in [0.717, 1.165) is 37.4 Å². The maximum Gasteiger partial charge on any atom is 0.0917 e. The maximum atomic E-state index is 10.8. The Morgan fingerprint density at radius 1 is 1.20 bits per heavy atom. The molecule has 2 N–H and O–H groups in total. The first kappa shape index (κ1) is 17.9. The maximum absolute atomic E-state index is 10.8. The standard InChI is InChI=1S/C21H29N3O/c1-3-23(2)19-11-7-10-18(14-19)21(25)16-24-13-12-22-15-20(24)17-8-5-4-6-9-17/h4-11,14,20-22,25H,3,12-13,15-16H2,1-2H3. The molecule has 0 bridgehead atoms. The first-order valence-electron chi connectivity index (χ1n) is 9.18. The Balaban J connectivity index is 1.73. The number of piperazine rings is 1. The predicted molar refractivity (Wildman–Crippen MR) is 104 cm³/mol. The Morgan fingerprint density at radius 2 is 2.00 bits per heavy atom. The summed E-state index contributed by atoms with van der Waals surface area (Å²) in [5.41, 5.74) is 3.45. The number of benzene rings is 2. The van der Waals surface area contributed by atoms with Crippen LogP contribution in [0.5, 0.6) is 0 Å². The number of nitrogens with zero attached hydrogens (tertiary/aromatic N) is 2. The summed E-state index contributed by atoms with van der Waals surface area (Å²) in [6.45, 7) is 6.58. The van der Waals surface area contributed by atoms with E-state index in [4.69, 9.17) is 0 Å². The predicted octanol–water partition coefficient (Wildman–Crippen LogP) is 2.82. The van der Waals surface area contributed by atoms with Gasteiger partial charge in [0.2, 0.25) is 0 Å². The van der Waals surface area contributed by atoms with Gasteiger partial charge in [-0.2, -0.15) is 0 Å². The smallest absolute Gasteiger partial charge is 0.0917 e. The van der Waals surface area contributed by atoms with Gasteiger partial charge in [0, 0.05) is 51.5 Å². The molecule has 25 heavy (non-hydrogen) atoms. The molecule has 1 aliphatic heterocycles. The normalized spacial score (nSPS) is 19.6. The van der Waals surface area contributed by atoms with Gasteiger partial charge in [0.15, 0.2) is 0 Å². The molecule has 4 nitrogen and oxygen atoms in total. The fourth-order valence-corrected chi connectivity index (χ4v) is 3.45. The summed E-state index contributed by atoms with van der Waals surface area (Å²) in [4.78, 5) is 4.58. The van der Waals surface area contributed by atoms with Gasteiger partial charge in [-0.15, -0.1) is 0 Å². The van der Waals surface area contributed by atoms with Crippen LogP contribution in [0.15, 0.2) is 54.6 Å². The third kappa shape index (κ3) is 4.40. The molecule has 0 saturated carbocycles. The quantitative estimate of drug-likeness (QED) is 0.849. The van der Waals surface area contributed by atoms with E-state index in [0.29, 0.717) is 12.6 Å². The Morgan fingerprint density at radius 3 is 2.76 bits per heavy atom. The van der Waals surface area contributed by atoms with Crippen molar-refractivity contribution in [3.8, 4) is 0 Å². The Bertz CT molecular complexity index is 661. The van der Waals surface area contributed by atoms with Crippen LogP contribution in [0.25, 0.3) is 0 Å². The van der Waals surface area contributed by atoms with E-state index in [-0.39, 0.29) is 0 Å². The van der Waals surface area contributed by atoms with Gasteiger partial charge in [-0.05, 0) is 30.2 Å². The zero-order valence-electron chi connectivity index (χ0n) is 15.2. The van der Waals surface area contributed by atoms with Crippen molar-refractivity contribution in [2.75, 3.05) is 44.7 Å². The molecule has 0 radical (unpaired) electrons. The molecule has 134 valence electrons. The molecule has 1 heterocycles. The van der Waals surface area contributed by atoms with Gasteiger partial charge < -0.3 is 15.3 Å². The summed E-state index contributed by atoms with van der Waals surface area (Å²) in [5, 5.41) is 14.3. The zero-order valence-corrected chi connectivity index (χ0v) is 15.2. The molecule has 2 atom stereocenters. The SMILES string of the molecule is CCN(C)c1cccc(C(O)CN2CCNCC2c2ccccc2)c1. The minimum absolute atomic E-state index is 0.311. The number of anilines is 1. The highest BCUT2D eigenvalue weighted by atomic mass is 16.3. The second-order valence-corrected chi connectivity index (χ2v) is 6.75. The third-order valence-electron chi connectivity index (χ3n) is 5.12. The molecule has 1 saturated heterocycles. The van der Waals surface area contributed by atoms with Crippen LogP contribution in [0.2, 0.25) is 0 Å². The van der Waals surface area contributed by atoms with Crippen molar-refractivity contribution >= 4 is 5.69 Å². The molecule has 1 aliphatic rings. The molecule has 2 aromatic carbocycles. The van der Waals surface area contributed by atoms with Gasteiger partial charge in [0.25, 0.3) is 0 Å². The fraction of sp³-hybridized carbons (Fsp3) is 0.429. The van der Waals surface area contributed by atoms with Gasteiger partial charge in [0.05, 0.1) is 6.10 Å². The van der Waals surface area contributed by atoms with Crippen molar-refractivity contribution in [2.24, 2.45) is 0 Å². The summed E-state index contributed by atoms with van der Waals surface area (Å²) in [5.74, 6) is 0. The number of rotatable bonds is 6. The molecule has 1 fully saturated rings. The highest BCUT2D eigenvalue weighted by Crippen LogP contribution is 2.26. The topological polar surface area (TPSA) is 38.7 Å². The lowest BCUT2D eigenvalue weighted by Gasteiger charge is -2.37. The molecular formula is C21H29N3O. The van der Waals surface area contributed by atoms with Crippen LogP contribution < -0.4 is 10.2 Å². The number of aliphatic hydroxyl groups excluding tert-OH is 1. The fourth-order valence-electron chi connectivity index (χ4n) is 3.45. The molecule has 4 heteroatoms. The van der Waals surface area contributed by atoms with Crippen molar-refractivity contribution in [1.29, 1.82) is 0 Å². The Labute approximate surface area is 151 Å². The molecule has 2 unspecified atom stereocenters. The summed E-state index contributed by atoms with van der Waals surface area (Å²) in [6, 6.07) is 19.1. The molecule has 0 amide bonds. The van der Waals surface area contributed by atoms with Crippen molar-refractivity contribution in [3.63, 3.8) is 0 Å². The third-order valence-corrected chi connectivity index (χ3v) is 5.12. The lowest BCUT2D eigenvalue weighted by atomic mass is 10.0. The first-order chi connectivity index (χ1) is 12.2. The monoisotopic (exact) mass is 339 g/mol. The average molecular weight is 339 g/mol. The largest absolute Gasteiger partial charge is 0.387 e. The van der Waals surface area contributed by atoms with Crippen molar-refractivity contribution in [2.45, 2.75) is 19.1 Å². The van der Waals surface area contributed by atoms with Crippen molar-refractivity contribution in [1.82, 2.24) is 10.2 Å². The Kier molecular flexibility index (Phi) is 6.08. The van der Waals surface area contributed by atoms with Crippen LogP contribution in [0.4, 0.5) is 5.69 Å². The van der Waals surface area contributed by atoms with Crippen molar-refractivity contribution < 1.29 is 5.11 Å². The van der Waals surface area contributed by atoms with Gasteiger partial charge in [-0.3, -0.25) is 4.90 Å². The molecule has 0 aliphatic carbocycles. The first-order valence-corrected chi connectivity index (χ1v) is 9.18. The molecule has 0 spiro atoms. The van der Waals surface area contributed by atoms with Crippen LogP contribution in [-0.4, -0.2) is 49.8 Å². The van der Waals surface area contributed by atoms with E-state index in [1.165, 1.54) is 5.56 Å². The molecule has 0 aromatic heterocycles. The van der Waals surface area contributed by atoms with E-state index in [1.807, 2.05) is 12.1 Å². The van der Waals surface area contributed by atoms with Crippen LogP contribution in [0.1, 0.15) is 30.2 Å². The van der Waals surface area contributed by atoms with E-state index in [9.17, 15) is 5.11 Å². The highest BCUT2D eigenvalue weighted by molar-refractivity contribution is 5.48. The lowest BCUT2D eigenvalue weighted by molar-refractivity contribution is 0.0733. The van der Waals surface area contributed by atoms with Crippen LogP contribution in [0.3, 0.4) is 0 Å². The van der Waals surface area contributed by atoms with Gasteiger partial charge >= 0.3 is 0 Å². The Hall–Kier alpha value is -1.88. The van der Waals surface area contributed by atoms with E-state index in [1.54, 1.807) is 0 Å². The van der Waals surface area contributed by atoms with Crippen LogP contribution >= 0.6 is 0 Å². The molecular weight excluding hydrogens is 310 g/mol. The van der Waals surface area contributed by atoms with E-state index < -0.39 is 6.10 Å². The lowest BCUT2D eigenvalue weighted by Crippen LogP contribution is -2.47. The van der Waals surface area contributed by atoms with Crippen molar-refractivity contribution in [3.05, 3.63) is 65.7 Å². The number of β-amino-alcohol motifs (C(OH)–C–C–N with tert-alkyl or cyclic N) is 1. The minimum Gasteiger partial charge on any atom is -0.387 e.